The number of carbonyl (C=O) groups is 1. The standard InChI is InChI=1S/C21H21N3OS/c22-18-16-11-14-6-3-4-8-17(14)23-20(16)26-19(18)21(25)24-10-9-13-5-1-2-7-15(13)12-24/h1-2,5,7,11H,3-4,6,8-10,12,22H2. The van der Waals surface area contributed by atoms with Gasteiger partial charge in [0.2, 0.25) is 0 Å². The number of amides is 1. The number of pyridine rings is 1. The van der Waals surface area contributed by atoms with Crippen molar-refractivity contribution >= 4 is 33.1 Å². The molecule has 26 heavy (non-hydrogen) atoms. The molecule has 0 bridgehead atoms. The molecule has 2 aromatic heterocycles. The maximum atomic E-state index is 13.1. The zero-order valence-corrected chi connectivity index (χ0v) is 15.4. The van der Waals surface area contributed by atoms with Gasteiger partial charge in [-0.05, 0) is 54.9 Å². The molecule has 1 aliphatic carbocycles. The molecule has 1 aromatic carbocycles. The zero-order valence-electron chi connectivity index (χ0n) is 14.6. The average molecular weight is 363 g/mol. The van der Waals surface area contributed by atoms with Crippen molar-refractivity contribution in [3.05, 3.63) is 57.6 Å². The van der Waals surface area contributed by atoms with Crippen LogP contribution in [0.4, 0.5) is 5.69 Å². The van der Waals surface area contributed by atoms with Crippen LogP contribution >= 0.6 is 11.3 Å². The van der Waals surface area contributed by atoms with Crippen molar-refractivity contribution in [3.8, 4) is 0 Å². The average Bonchev–Trinajstić information content (AvgIpc) is 3.01. The van der Waals surface area contributed by atoms with Crippen LogP contribution in [-0.2, 0) is 25.8 Å². The second-order valence-electron chi connectivity index (χ2n) is 7.24. The summed E-state index contributed by atoms with van der Waals surface area (Å²) in [6.45, 7) is 1.40. The SMILES string of the molecule is Nc1c(C(=O)N2CCc3ccccc3C2)sc2nc3c(cc12)CCCC3. The summed E-state index contributed by atoms with van der Waals surface area (Å²) >= 11 is 1.45. The molecule has 0 unspecified atom stereocenters. The molecule has 3 heterocycles. The molecule has 0 spiro atoms. The molecule has 0 saturated heterocycles. The topological polar surface area (TPSA) is 59.2 Å². The lowest BCUT2D eigenvalue weighted by Gasteiger charge is -2.28. The van der Waals surface area contributed by atoms with Crippen molar-refractivity contribution in [1.29, 1.82) is 0 Å². The van der Waals surface area contributed by atoms with E-state index in [2.05, 4.69) is 24.3 Å². The highest BCUT2D eigenvalue weighted by Crippen LogP contribution is 2.36. The van der Waals surface area contributed by atoms with E-state index in [1.807, 2.05) is 11.0 Å². The quantitative estimate of drug-likeness (QED) is 0.712. The molecule has 0 saturated carbocycles. The van der Waals surface area contributed by atoms with E-state index in [1.165, 1.54) is 46.6 Å². The van der Waals surface area contributed by atoms with Gasteiger partial charge in [-0.1, -0.05) is 24.3 Å². The van der Waals surface area contributed by atoms with Crippen LogP contribution in [-0.4, -0.2) is 22.3 Å². The number of nitrogens with two attached hydrogens (primary N) is 1. The second kappa shape index (κ2) is 6.09. The molecular weight excluding hydrogens is 342 g/mol. The molecule has 5 heteroatoms. The van der Waals surface area contributed by atoms with Crippen LogP contribution < -0.4 is 5.73 Å². The minimum atomic E-state index is 0.0398. The van der Waals surface area contributed by atoms with Crippen LogP contribution in [0.15, 0.2) is 30.3 Å². The van der Waals surface area contributed by atoms with Crippen LogP contribution in [0.25, 0.3) is 10.2 Å². The van der Waals surface area contributed by atoms with E-state index in [4.69, 9.17) is 10.7 Å². The number of aromatic nitrogens is 1. The predicted octanol–water partition coefficient (Wildman–Crippen LogP) is 3.96. The molecule has 2 N–H and O–H groups in total. The Morgan fingerprint density at radius 2 is 1.88 bits per heavy atom. The number of carbonyl (C=O) groups excluding carboxylic acids is 1. The first kappa shape index (κ1) is 15.8. The normalized spacial score (nSPS) is 16.4. The number of benzene rings is 1. The Hall–Kier alpha value is -2.40. The Kier molecular flexibility index (Phi) is 3.71. The van der Waals surface area contributed by atoms with Gasteiger partial charge in [0.25, 0.3) is 5.91 Å². The van der Waals surface area contributed by atoms with E-state index in [0.29, 0.717) is 17.1 Å². The van der Waals surface area contributed by atoms with Gasteiger partial charge in [-0.15, -0.1) is 11.3 Å². The van der Waals surface area contributed by atoms with Crippen molar-refractivity contribution in [2.75, 3.05) is 12.3 Å². The summed E-state index contributed by atoms with van der Waals surface area (Å²) in [5.74, 6) is 0.0398. The summed E-state index contributed by atoms with van der Waals surface area (Å²) in [5.41, 5.74) is 12.1. The third-order valence-corrected chi connectivity index (χ3v) is 6.71. The van der Waals surface area contributed by atoms with Crippen LogP contribution in [0.1, 0.15) is 44.9 Å². The lowest BCUT2D eigenvalue weighted by Crippen LogP contribution is -2.35. The summed E-state index contributed by atoms with van der Waals surface area (Å²) in [6.07, 6.45) is 5.42. The summed E-state index contributed by atoms with van der Waals surface area (Å²) in [4.78, 5) is 21.5. The van der Waals surface area contributed by atoms with Gasteiger partial charge in [-0.2, -0.15) is 0 Å². The Balaban J connectivity index is 1.51. The second-order valence-corrected chi connectivity index (χ2v) is 8.24. The van der Waals surface area contributed by atoms with Gasteiger partial charge in [0.15, 0.2) is 0 Å². The largest absolute Gasteiger partial charge is 0.397 e. The number of thiophene rings is 1. The van der Waals surface area contributed by atoms with E-state index < -0.39 is 0 Å². The first-order valence-corrected chi connectivity index (χ1v) is 10.1. The van der Waals surface area contributed by atoms with E-state index in [9.17, 15) is 4.79 Å². The Morgan fingerprint density at radius 1 is 1.08 bits per heavy atom. The molecule has 3 aromatic rings. The Bertz CT molecular complexity index is 1020. The smallest absolute Gasteiger partial charge is 0.266 e. The van der Waals surface area contributed by atoms with Crippen LogP contribution in [0.3, 0.4) is 0 Å². The fraction of sp³-hybridized carbons (Fsp3) is 0.333. The highest BCUT2D eigenvalue weighted by atomic mass is 32.1. The first-order valence-electron chi connectivity index (χ1n) is 9.27. The van der Waals surface area contributed by atoms with Crippen molar-refractivity contribution in [1.82, 2.24) is 9.88 Å². The van der Waals surface area contributed by atoms with Gasteiger partial charge >= 0.3 is 0 Å². The van der Waals surface area contributed by atoms with Gasteiger partial charge in [0.1, 0.15) is 9.71 Å². The molecule has 0 fully saturated rings. The van der Waals surface area contributed by atoms with E-state index >= 15 is 0 Å². The number of fused-ring (bicyclic) bond motifs is 3. The van der Waals surface area contributed by atoms with Crippen LogP contribution in [0, 0.1) is 0 Å². The Labute approximate surface area is 156 Å². The lowest BCUT2D eigenvalue weighted by molar-refractivity contribution is 0.0740. The number of nitrogens with zero attached hydrogens (tertiary/aromatic N) is 2. The highest BCUT2D eigenvalue weighted by molar-refractivity contribution is 7.21. The summed E-state index contributed by atoms with van der Waals surface area (Å²) in [6, 6.07) is 10.5. The van der Waals surface area contributed by atoms with Crippen molar-refractivity contribution in [3.63, 3.8) is 0 Å². The molecule has 2 aliphatic rings. The van der Waals surface area contributed by atoms with Crippen molar-refractivity contribution in [2.24, 2.45) is 0 Å². The number of hydrogen-bond acceptors (Lipinski definition) is 4. The summed E-state index contributed by atoms with van der Waals surface area (Å²) in [5, 5.41) is 0.955. The zero-order chi connectivity index (χ0) is 17.7. The third-order valence-electron chi connectivity index (χ3n) is 5.61. The molecular formula is C21H21N3OS. The van der Waals surface area contributed by atoms with Crippen LogP contribution in [0.5, 0.6) is 0 Å². The molecule has 0 atom stereocenters. The number of anilines is 1. The van der Waals surface area contributed by atoms with Crippen LogP contribution in [0.2, 0.25) is 0 Å². The monoisotopic (exact) mass is 363 g/mol. The predicted molar refractivity (Wildman–Crippen MR) is 106 cm³/mol. The summed E-state index contributed by atoms with van der Waals surface area (Å²) < 4.78 is 0. The third kappa shape index (κ3) is 2.50. The van der Waals surface area contributed by atoms with Gasteiger partial charge in [-0.3, -0.25) is 4.79 Å². The first-order chi connectivity index (χ1) is 12.7. The highest BCUT2D eigenvalue weighted by Gasteiger charge is 2.26. The van der Waals surface area contributed by atoms with Crippen molar-refractivity contribution in [2.45, 2.75) is 38.6 Å². The number of hydrogen-bond donors (Lipinski definition) is 1. The maximum absolute atomic E-state index is 13.1. The summed E-state index contributed by atoms with van der Waals surface area (Å²) in [7, 11) is 0. The van der Waals surface area contributed by atoms with Gasteiger partial charge in [0.05, 0.1) is 5.69 Å². The fourth-order valence-corrected chi connectivity index (χ4v) is 5.20. The van der Waals surface area contributed by atoms with Gasteiger partial charge < -0.3 is 10.6 Å². The number of nitrogen functional groups attached to an aromatic ring is 1. The fourth-order valence-electron chi connectivity index (χ4n) is 4.13. The van der Waals surface area contributed by atoms with E-state index in [-0.39, 0.29) is 5.91 Å². The van der Waals surface area contributed by atoms with E-state index in [1.54, 1.807) is 0 Å². The van der Waals surface area contributed by atoms with Gasteiger partial charge in [-0.25, -0.2) is 4.98 Å². The molecule has 1 amide bonds. The number of rotatable bonds is 1. The molecule has 0 radical (unpaired) electrons. The van der Waals surface area contributed by atoms with Gasteiger partial charge in [0, 0.05) is 24.2 Å². The molecule has 1 aliphatic heterocycles. The number of aryl methyl sites for hydroxylation is 2. The molecule has 132 valence electrons. The minimum absolute atomic E-state index is 0.0398. The molecule has 4 nitrogen and oxygen atoms in total. The maximum Gasteiger partial charge on any atom is 0.266 e. The minimum Gasteiger partial charge on any atom is -0.397 e. The van der Waals surface area contributed by atoms with Crippen molar-refractivity contribution < 1.29 is 4.79 Å². The lowest BCUT2D eigenvalue weighted by atomic mass is 9.95. The molecule has 5 rings (SSSR count). The Morgan fingerprint density at radius 3 is 2.77 bits per heavy atom. The van der Waals surface area contributed by atoms with E-state index in [0.717, 1.165) is 36.0 Å².